The number of aryl methyl sites for hydroxylation is 1. The Balaban J connectivity index is 2.26. The highest BCUT2D eigenvalue weighted by atomic mass is 16.5. The monoisotopic (exact) mass is 274 g/mol. The second kappa shape index (κ2) is 5.36. The summed E-state index contributed by atoms with van der Waals surface area (Å²) in [5.41, 5.74) is 0.0383. The predicted molar refractivity (Wildman–Crippen MR) is 75.3 cm³/mol. The summed E-state index contributed by atoms with van der Waals surface area (Å²) in [6.45, 7) is 5.40. The molecule has 0 amide bonds. The van der Waals surface area contributed by atoms with E-state index in [1.165, 1.54) is 10.9 Å². The fourth-order valence-corrected chi connectivity index (χ4v) is 1.87. The van der Waals surface area contributed by atoms with Crippen LogP contribution in [0.25, 0.3) is 0 Å². The fourth-order valence-electron chi connectivity index (χ4n) is 1.87. The highest BCUT2D eigenvalue weighted by Gasteiger charge is 2.32. The average molecular weight is 274 g/mol. The van der Waals surface area contributed by atoms with Crippen LogP contribution in [0.1, 0.15) is 24.2 Å². The molecule has 1 aromatic heterocycles. The molecule has 0 atom stereocenters. The van der Waals surface area contributed by atoms with Crippen LogP contribution < -0.4 is 9.47 Å². The van der Waals surface area contributed by atoms with E-state index in [2.05, 4.69) is 4.98 Å². The number of hydrogen-bond acceptors (Lipinski definition) is 4. The minimum atomic E-state index is -1.02. The molecular formula is C15H18N2O3. The summed E-state index contributed by atoms with van der Waals surface area (Å²) < 4.78 is 12.5. The normalized spacial score (nSPS) is 11.2. The average Bonchev–Trinajstić information content (AvgIpc) is 2.93. The van der Waals surface area contributed by atoms with Gasteiger partial charge in [-0.25, -0.2) is 4.98 Å². The quantitative estimate of drug-likeness (QED) is 0.860. The van der Waals surface area contributed by atoms with E-state index in [1.54, 1.807) is 39.4 Å². The van der Waals surface area contributed by atoms with Gasteiger partial charge >= 0.3 is 0 Å². The molecular weight excluding hydrogens is 256 g/mol. The first-order chi connectivity index (χ1) is 9.44. The van der Waals surface area contributed by atoms with Crippen LogP contribution in [0.5, 0.6) is 11.5 Å². The van der Waals surface area contributed by atoms with Gasteiger partial charge in [0.05, 0.1) is 7.11 Å². The molecule has 5 nitrogen and oxygen atoms in total. The molecule has 0 aliphatic heterocycles. The minimum Gasteiger partial charge on any atom is -0.493 e. The van der Waals surface area contributed by atoms with E-state index in [0.29, 0.717) is 11.5 Å². The highest BCUT2D eigenvalue weighted by molar-refractivity contribution is 5.87. The van der Waals surface area contributed by atoms with Crippen LogP contribution in [0.4, 0.5) is 0 Å². The lowest BCUT2D eigenvalue weighted by Gasteiger charge is -2.26. The first kappa shape index (κ1) is 14.1. The second-order valence-corrected chi connectivity index (χ2v) is 5.04. The molecule has 0 bridgehead atoms. The predicted octanol–water partition coefficient (Wildman–Crippen LogP) is 2.70. The summed E-state index contributed by atoms with van der Waals surface area (Å²) in [6.07, 6.45) is 4.61. The maximum absolute atomic E-state index is 12.4. The van der Waals surface area contributed by atoms with Crippen LogP contribution in [0.15, 0.2) is 36.9 Å². The van der Waals surface area contributed by atoms with Crippen molar-refractivity contribution in [2.75, 3.05) is 7.11 Å². The third-order valence-electron chi connectivity index (χ3n) is 2.94. The number of aromatic nitrogens is 2. The number of nitrogens with zero attached hydrogens (tertiary/aromatic N) is 2. The van der Waals surface area contributed by atoms with Gasteiger partial charge in [-0.15, -0.1) is 0 Å². The van der Waals surface area contributed by atoms with E-state index in [-0.39, 0.29) is 5.91 Å². The lowest BCUT2D eigenvalue weighted by molar-refractivity contribution is 0.0479. The van der Waals surface area contributed by atoms with Gasteiger partial charge < -0.3 is 9.47 Å². The molecule has 2 rings (SSSR count). The third-order valence-corrected chi connectivity index (χ3v) is 2.94. The number of carbonyl (C=O) groups excluding carboxylic acids is 1. The maximum atomic E-state index is 12.4. The number of rotatable bonds is 4. The molecule has 0 N–H and O–H groups in total. The Morgan fingerprint density at radius 2 is 2.05 bits per heavy atom. The zero-order valence-electron chi connectivity index (χ0n) is 12.1. The first-order valence-corrected chi connectivity index (χ1v) is 6.30. The molecule has 0 unspecified atom stereocenters. The lowest BCUT2D eigenvalue weighted by atomic mass is 10.1. The van der Waals surface area contributed by atoms with Crippen molar-refractivity contribution in [2.24, 2.45) is 0 Å². The van der Waals surface area contributed by atoms with Gasteiger partial charge in [0.15, 0.2) is 17.1 Å². The van der Waals surface area contributed by atoms with E-state index in [4.69, 9.17) is 9.47 Å². The largest absolute Gasteiger partial charge is 0.493 e. The molecule has 2 aromatic rings. The summed E-state index contributed by atoms with van der Waals surface area (Å²) in [5, 5.41) is 0. The van der Waals surface area contributed by atoms with E-state index >= 15 is 0 Å². The molecule has 0 aliphatic rings. The number of carbonyl (C=O) groups is 1. The fraction of sp³-hybridized carbons (Fsp3) is 0.333. The van der Waals surface area contributed by atoms with Gasteiger partial charge in [-0.3, -0.25) is 9.36 Å². The molecule has 106 valence electrons. The van der Waals surface area contributed by atoms with Crippen molar-refractivity contribution in [1.82, 2.24) is 9.55 Å². The number of benzene rings is 1. The summed E-state index contributed by atoms with van der Waals surface area (Å²) in [4.78, 5) is 16.2. The Morgan fingerprint density at radius 1 is 1.30 bits per heavy atom. The van der Waals surface area contributed by atoms with Crippen molar-refractivity contribution in [3.63, 3.8) is 0 Å². The van der Waals surface area contributed by atoms with Crippen LogP contribution in [0, 0.1) is 6.92 Å². The van der Waals surface area contributed by atoms with Gasteiger partial charge in [-0.2, -0.15) is 0 Å². The zero-order valence-corrected chi connectivity index (χ0v) is 12.1. The number of imidazole rings is 1. The summed E-state index contributed by atoms with van der Waals surface area (Å²) in [7, 11) is 1.58. The van der Waals surface area contributed by atoms with Crippen molar-refractivity contribution in [3.8, 4) is 11.5 Å². The Kier molecular flexibility index (Phi) is 3.79. The van der Waals surface area contributed by atoms with Crippen LogP contribution >= 0.6 is 0 Å². The molecule has 0 radical (unpaired) electrons. The van der Waals surface area contributed by atoms with Gasteiger partial charge in [0.25, 0.3) is 5.91 Å². The molecule has 0 spiro atoms. The minimum absolute atomic E-state index is 0.197. The third kappa shape index (κ3) is 2.82. The maximum Gasteiger partial charge on any atom is 0.275 e. The summed E-state index contributed by atoms with van der Waals surface area (Å²) >= 11 is 0. The van der Waals surface area contributed by atoms with Crippen molar-refractivity contribution in [1.29, 1.82) is 0 Å². The lowest BCUT2D eigenvalue weighted by Crippen LogP contribution is -2.41. The van der Waals surface area contributed by atoms with E-state index in [9.17, 15) is 4.79 Å². The van der Waals surface area contributed by atoms with Crippen LogP contribution in [0.3, 0.4) is 0 Å². The number of ether oxygens (including phenoxy) is 2. The van der Waals surface area contributed by atoms with Crippen molar-refractivity contribution < 1.29 is 14.3 Å². The molecule has 5 heteroatoms. The number of hydrogen-bond donors (Lipinski definition) is 0. The zero-order chi connectivity index (χ0) is 14.8. The molecule has 20 heavy (non-hydrogen) atoms. The van der Waals surface area contributed by atoms with Crippen LogP contribution in [-0.2, 0) is 0 Å². The van der Waals surface area contributed by atoms with E-state index < -0.39 is 5.60 Å². The topological polar surface area (TPSA) is 53.4 Å². The van der Waals surface area contributed by atoms with E-state index in [1.807, 2.05) is 19.1 Å². The SMILES string of the molecule is COc1cc(C)ccc1OC(C)(C)C(=O)n1ccnc1. The Morgan fingerprint density at radius 3 is 2.65 bits per heavy atom. The summed E-state index contributed by atoms with van der Waals surface area (Å²) in [6, 6.07) is 5.58. The van der Waals surface area contributed by atoms with Crippen molar-refractivity contribution in [2.45, 2.75) is 26.4 Å². The first-order valence-electron chi connectivity index (χ1n) is 6.30. The Bertz CT molecular complexity index is 604. The molecule has 0 fully saturated rings. The Hall–Kier alpha value is -2.30. The molecule has 1 heterocycles. The van der Waals surface area contributed by atoms with Crippen LogP contribution in [-0.4, -0.2) is 28.2 Å². The van der Waals surface area contributed by atoms with Crippen molar-refractivity contribution in [3.05, 3.63) is 42.5 Å². The molecule has 0 saturated heterocycles. The van der Waals surface area contributed by atoms with Gasteiger partial charge in [-0.05, 0) is 38.5 Å². The van der Waals surface area contributed by atoms with Gasteiger partial charge in [-0.1, -0.05) is 6.07 Å². The standard InChI is InChI=1S/C15H18N2O3/c1-11-5-6-12(13(9-11)19-4)20-15(2,3)14(18)17-8-7-16-10-17/h5-10H,1-4H3. The molecule has 0 aliphatic carbocycles. The molecule has 0 saturated carbocycles. The summed E-state index contributed by atoms with van der Waals surface area (Å²) in [5.74, 6) is 0.950. The number of methoxy groups -OCH3 is 1. The van der Waals surface area contributed by atoms with Crippen LogP contribution in [0.2, 0.25) is 0 Å². The van der Waals surface area contributed by atoms with Gasteiger partial charge in [0.2, 0.25) is 0 Å². The van der Waals surface area contributed by atoms with Gasteiger partial charge in [0, 0.05) is 12.4 Å². The molecule has 1 aromatic carbocycles. The van der Waals surface area contributed by atoms with Crippen molar-refractivity contribution >= 4 is 5.91 Å². The smallest absolute Gasteiger partial charge is 0.275 e. The second-order valence-electron chi connectivity index (χ2n) is 5.04. The van der Waals surface area contributed by atoms with E-state index in [0.717, 1.165) is 5.56 Å². The highest BCUT2D eigenvalue weighted by Crippen LogP contribution is 2.31. The Labute approximate surface area is 118 Å². The van der Waals surface area contributed by atoms with Gasteiger partial charge in [0.1, 0.15) is 6.33 Å².